The van der Waals surface area contributed by atoms with Gasteiger partial charge < -0.3 is 10.5 Å². The fourth-order valence-electron chi connectivity index (χ4n) is 1.11. The van der Waals surface area contributed by atoms with E-state index in [1.165, 1.54) is 0 Å². The molecule has 5 nitrogen and oxygen atoms in total. The Kier molecular flexibility index (Phi) is 9.46. The SMILES string of the molecule is COCCONC(=O)CCC(C)CCN. The monoisotopic (exact) mass is 218 g/mol. The van der Waals surface area contributed by atoms with Crippen LogP contribution in [0.3, 0.4) is 0 Å². The number of nitrogens with two attached hydrogens (primary N) is 1. The molecule has 1 atom stereocenters. The molecule has 0 aliphatic heterocycles. The Hall–Kier alpha value is -0.650. The molecule has 0 aliphatic rings. The van der Waals surface area contributed by atoms with Crippen LogP contribution in [0, 0.1) is 5.92 Å². The molecule has 0 rings (SSSR count). The number of hydrogen-bond donors (Lipinski definition) is 2. The molecule has 0 bridgehead atoms. The van der Waals surface area contributed by atoms with E-state index >= 15 is 0 Å². The van der Waals surface area contributed by atoms with E-state index in [0.29, 0.717) is 32.1 Å². The molecule has 0 aromatic rings. The fraction of sp³-hybridized carbons (Fsp3) is 0.900. The predicted octanol–water partition coefficient (Wildman–Crippen LogP) is 0.446. The number of carbonyl (C=O) groups is 1. The predicted molar refractivity (Wildman–Crippen MR) is 58.0 cm³/mol. The van der Waals surface area contributed by atoms with Crippen LogP contribution < -0.4 is 11.2 Å². The molecular weight excluding hydrogens is 196 g/mol. The molecule has 0 fully saturated rings. The minimum absolute atomic E-state index is 0.0880. The number of carbonyl (C=O) groups excluding carboxylic acids is 1. The van der Waals surface area contributed by atoms with E-state index in [1.807, 2.05) is 0 Å². The molecule has 0 saturated carbocycles. The molecule has 0 aromatic heterocycles. The number of methoxy groups -OCH3 is 1. The van der Waals surface area contributed by atoms with Gasteiger partial charge in [-0.15, -0.1) is 0 Å². The van der Waals surface area contributed by atoms with Crippen LogP contribution in [0.4, 0.5) is 0 Å². The third-order valence-corrected chi connectivity index (χ3v) is 2.10. The summed E-state index contributed by atoms with van der Waals surface area (Å²) in [5, 5.41) is 0. The number of ether oxygens (including phenoxy) is 1. The van der Waals surface area contributed by atoms with Crippen molar-refractivity contribution in [3.63, 3.8) is 0 Å². The smallest absolute Gasteiger partial charge is 0.243 e. The van der Waals surface area contributed by atoms with Crippen molar-refractivity contribution >= 4 is 5.91 Å². The average molecular weight is 218 g/mol. The van der Waals surface area contributed by atoms with Gasteiger partial charge in [0.05, 0.1) is 13.2 Å². The van der Waals surface area contributed by atoms with Crippen LogP contribution in [0.1, 0.15) is 26.2 Å². The second kappa shape index (κ2) is 9.89. The molecule has 0 heterocycles. The van der Waals surface area contributed by atoms with Crippen LogP contribution in [0.15, 0.2) is 0 Å². The van der Waals surface area contributed by atoms with Gasteiger partial charge in [-0.25, -0.2) is 5.48 Å². The van der Waals surface area contributed by atoms with E-state index in [2.05, 4.69) is 12.4 Å². The van der Waals surface area contributed by atoms with E-state index in [0.717, 1.165) is 12.8 Å². The Labute approximate surface area is 91.3 Å². The maximum absolute atomic E-state index is 11.2. The van der Waals surface area contributed by atoms with Crippen LogP contribution in [-0.4, -0.2) is 32.8 Å². The van der Waals surface area contributed by atoms with Crippen LogP contribution >= 0.6 is 0 Å². The molecular formula is C10H22N2O3. The lowest BCUT2D eigenvalue weighted by molar-refractivity contribution is -0.134. The zero-order valence-electron chi connectivity index (χ0n) is 9.62. The van der Waals surface area contributed by atoms with Gasteiger partial charge >= 0.3 is 0 Å². The zero-order chi connectivity index (χ0) is 11.5. The quantitative estimate of drug-likeness (QED) is 0.435. The Morgan fingerprint density at radius 1 is 1.40 bits per heavy atom. The minimum Gasteiger partial charge on any atom is -0.382 e. The maximum atomic E-state index is 11.2. The van der Waals surface area contributed by atoms with Crippen molar-refractivity contribution in [1.29, 1.82) is 0 Å². The van der Waals surface area contributed by atoms with Gasteiger partial charge in [0, 0.05) is 13.5 Å². The van der Waals surface area contributed by atoms with E-state index in [9.17, 15) is 4.79 Å². The van der Waals surface area contributed by atoms with Crippen molar-refractivity contribution in [1.82, 2.24) is 5.48 Å². The summed E-state index contributed by atoms with van der Waals surface area (Å²) < 4.78 is 4.76. The van der Waals surface area contributed by atoms with Crippen molar-refractivity contribution in [3.8, 4) is 0 Å². The summed E-state index contributed by atoms with van der Waals surface area (Å²) in [4.78, 5) is 16.1. The summed E-state index contributed by atoms with van der Waals surface area (Å²) in [6.45, 7) is 3.61. The first-order chi connectivity index (χ1) is 7.20. The van der Waals surface area contributed by atoms with Gasteiger partial charge in [0.15, 0.2) is 0 Å². The van der Waals surface area contributed by atoms with Gasteiger partial charge in [-0.3, -0.25) is 9.63 Å². The van der Waals surface area contributed by atoms with Gasteiger partial charge in [-0.05, 0) is 25.3 Å². The highest BCUT2D eigenvalue weighted by Crippen LogP contribution is 2.08. The summed E-state index contributed by atoms with van der Waals surface area (Å²) in [6.07, 6.45) is 2.28. The topological polar surface area (TPSA) is 73.6 Å². The molecule has 0 aromatic carbocycles. The van der Waals surface area contributed by atoms with Crippen LogP contribution in [0.2, 0.25) is 0 Å². The molecule has 15 heavy (non-hydrogen) atoms. The third kappa shape index (κ3) is 9.65. The molecule has 1 amide bonds. The summed E-state index contributed by atoms with van der Waals surface area (Å²) in [5.74, 6) is 0.398. The summed E-state index contributed by atoms with van der Waals surface area (Å²) in [5.41, 5.74) is 7.77. The second-order valence-electron chi connectivity index (χ2n) is 3.59. The molecule has 0 spiro atoms. The first-order valence-electron chi connectivity index (χ1n) is 5.30. The number of hydrogen-bond acceptors (Lipinski definition) is 4. The standard InChI is InChI=1S/C10H22N2O3/c1-9(5-6-11)3-4-10(13)12-15-8-7-14-2/h9H,3-8,11H2,1-2H3,(H,12,13). The Bertz CT molecular complexity index is 165. The Balaban J connectivity index is 3.32. The summed E-state index contributed by atoms with van der Waals surface area (Å²) in [7, 11) is 1.58. The normalized spacial score (nSPS) is 12.5. The molecule has 90 valence electrons. The molecule has 0 saturated heterocycles. The highest BCUT2D eigenvalue weighted by atomic mass is 16.7. The number of amides is 1. The van der Waals surface area contributed by atoms with Crippen LogP contribution in [0.5, 0.6) is 0 Å². The number of rotatable bonds is 9. The van der Waals surface area contributed by atoms with Crippen molar-refractivity contribution in [2.24, 2.45) is 11.7 Å². The van der Waals surface area contributed by atoms with Crippen molar-refractivity contribution in [2.75, 3.05) is 26.9 Å². The van der Waals surface area contributed by atoms with Crippen molar-refractivity contribution in [2.45, 2.75) is 26.2 Å². The van der Waals surface area contributed by atoms with Crippen molar-refractivity contribution < 1.29 is 14.4 Å². The first kappa shape index (κ1) is 14.3. The highest BCUT2D eigenvalue weighted by Gasteiger charge is 2.05. The first-order valence-corrected chi connectivity index (χ1v) is 5.30. The van der Waals surface area contributed by atoms with Crippen LogP contribution in [-0.2, 0) is 14.4 Å². The minimum atomic E-state index is -0.0880. The Morgan fingerprint density at radius 2 is 2.13 bits per heavy atom. The van der Waals surface area contributed by atoms with E-state index in [-0.39, 0.29) is 5.91 Å². The second-order valence-corrected chi connectivity index (χ2v) is 3.59. The average Bonchev–Trinajstić information content (AvgIpc) is 2.22. The lowest BCUT2D eigenvalue weighted by Crippen LogP contribution is -2.25. The largest absolute Gasteiger partial charge is 0.382 e. The van der Waals surface area contributed by atoms with E-state index < -0.39 is 0 Å². The van der Waals surface area contributed by atoms with Gasteiger partial charge in [0.1, 0.15) is 0 Å². The number of hydroxylamine groups is 1. The maximum Gasteiger partial charge on any atom is 0.243 e. The van der Waals surface area contributed by atoms with Gasteiger partial charge in [0.2, 0.25) is 5.91 Å². The highest BCUT2D eigenvalue weighted by molar-refractivity contribution is 5.74. The van der Waals surface area contributed by atoms with E-state index in [4.69, 9.17) is 15.3 Å². The molecule has 3 N–H and O–H groups in total. The lowest BCUT2D eigenvalue weighted by atomic mass is 10.0. The zero-order valence-corrected chi connectivity index (χ0v) is 9.62. The fourth-order valence-corrected chi connectivity index (χ4v) is 1.11. The van der Waals surface area contributed by atoms with E-state index in [1.54, 1.807) is 7.11 Å². The van der Waals surface area contributed by atoms with Crippen molar-refractivity contribution in [3.05, 3.63) is 0 Å². The molecule has 0 aliphatic carbocycles. The van der Waals surface area contributed by atoms with Gasteiger partial charge in [-0.2, -0.15) is 0 Å². The Morgan fingerprint density at radius 3 is 2.73 bits per heavy atom. The molecule has 0 radical (unpaired) electrons. The summed E-state index contributed by atoms with van der Waals surface area (Å²) >= 11 is 0. The molecule has 5 heteroatoms. The third-order valence-electron chi connectivity index (χ3n) is 2.10. The van der Waals surface area contributed by atoms with Gasteiger partial charge in [-0.1, -0.05) is 6.92 Å². The molecule has 1 unspecified atom stereocenters. The lowest BCUT2D eigenvalue weighted by Gasteiger charge is -2.09. The number of nitrogens with one attached hydrogen (secondary N) is 1. The summed E-state index contributed by atoms with van der Waals surface area (Å²) in [6, 6.07) is 0. The van der Waals surface area contributed by atoms with Gasteiger partial charge in [0.25, 0.3) is 0 Å². The van der Waals surface area contributed by atoms with Crippen LogP contribution in [0.25, 0.3) is 0 Å².